The number of ether oxygens (including phenoxy) is 3. The van der Waals surface area contributed by atoms with Crippen LogP contribution in [-0.2, 0) is 35.2 Å². The van der Waals surface area contributed by atoms with E-state index in [4.69, 9.17) is 14.2 Å². The van der Waals surface area contributed by atoms with Gasteiger partial charge in [-0.1, -0.05) is 36.4 Å². The van der Waals surface area contributed by atoms with Gasteiger partial charge in [0.2, 0.25) is 0 Å². The van der Waals surface area contributed by atoms with Crippen LogP contribution in [0.15, 0.2) is 42.5 Å². The van der Waals surface area contributed by atoms with E-state index in [2.05, 4.69) is 0 Å². The SMILES string of the molecule is C/C=C\C(=O)O[C@H](C)CC(=O)O[C@@H](C)CC(=O)OCc1ccccc1. The van der Waals surface area contributed by atoms with Crippen LogP contribution in [0.5, 0.6) is 0 Å². The first-order valence-corrected chi connectivity index (χ1v) is 8.13. The van der Waals surface area contributed by atoms with Crippen molar-refractivity contribution in [1.29, 1.82) is 0 Å². The van der Waals surface area contributed by atoms with Crippen molar-refractivity contribution in [3.05, 3.63) is 48.0 Å². The number of carbonyl (C=O) groups excluding carboxylic acids is 3. The molecule has 0 fully saturated rings. The molecule has 0 saturated heterocycles. The van der Waals surface area contributed by atoms with Crippen LogP contribution in [0.4, 0.5) is 0 Å². The Labute approximate surface area is 147 Å². The van der Waals surface area contributed by atoms with Crippen molar-refractivity contribution in [2.75, 3.05) is 0 Å². The number of rotatable bonds is 9. The molecule has 6 heteroatoms. The molecule has 0 radical (unpaired) electrons. The molecule has 0 aliphatic carbocycles. The van der Waals surface area contributed by atoms with Crippen LogP contribution in [0.3, 0.4) is 0 Å². The Balaban J connectivity index is 2.27. The van der Waals surface area contributed by atoms with E-state index in [1.165, 1.54) is 6.08 Å². The average molecular weight is 348 g/mol. The maximum absolute atomic E-state index is 11.8. The van der Waals surface area contributed by atoms with Crippen molar-refractivity contribution in [3.63, 3.8) is 0 Å². The van der Waals surface area contributed by atoms with Crippen molar-refractivity contribution in [1.82, 2.24) is 0 Å². The maximum atomic E-state index is 11.8. The van der Waals surface area contributed by atoms with Gasteiger partial charge in [-0.2, -0.15) is 0 Å². The average Bonchev–Trinajstić information content (AvgIpc) is 2.53. The lowest BCUT2D eigenvalue weighted by Gasteiger charge is -2.15. The standard InChI is InChI=1S/C19H24O6/c1-4-8-17(20)24-15(3)12-19(22)25-14(2)11-18(21)23-13-16-9-6-5-7-10-16/h4-10,14-15H,11-13H2,1-3H3/b8-4-/t14-,15+/m0/s1. The summed E-state index contributed by atoms with van der Waals surface area (Å²) >= 11 is 0. The quantitative estimate of drug-likeness (QED) is 0.388. The van der Waals surface area contributed by atoms with Crippen LogP contribution < -0.4 is 0 Å². The number of carbonyl (C=O) groups is 3. The van der Waals surface area contributed by atoms with Gasteiger partial charge in [-0.15, -0.1) is 0 Å². The smallest absolute Gasteiger partial charge is 0.330 e. The van der Waals surface area contributed by atoms with Gasteiger partial charge in [-0.05, 0) is 26.3 Å². The van der Waals surface area contributed by atoms with Gasteiger partial charge in [-0.25, -0.2) is 4.79 Å². The summed E-state index contributed by atoms with van der Waals surface area (Å²) in [5, 5.41) is 0. The van der Waals surface area contributed by atoms with Gasteiger partial charge in [0.1, 0.15) is 18.8 Å². The Hall–Kier alpha value is -2.63. The van der Waals surface area contributed by atoms with Crippen molar-refractivity contribution in [2.45, 2.75) is 52.4 Å². The fourth-order valence-electron chi connectivity index (χ4n) is 2.00. The van der Waals surface area contributed by atoms with Gasteiger partial charge in [0.25, 0.3) is 0 Å². The Bertz CT molecular complexity index is 593. The molecule has 0 bridgehead atoms. The number of hydrogen-bond donors (Lipinski definition) is 0. The molecule has 136 valence electrons. The molecule has 0 N–H and O–H groups in total. The van der Waals surface area contributed by atoms with Crippen molar-refractivity contribution in [3.8, 4) is 0 Å². The number of benzene rings is 1. The van der Waals surface area contributed by atoms with Crippen LogP contribution in [0.2, 0.25) is 0 Å². The lowest BCUT2D eigenvalue weighted by molar-refractivity contribution is -0.157. The highest BCUT2D eigenvalue weighted by Gasteiger charge is 2.18. The van der Waals surface area contributed by atoms with E-state index >= 15 is 0 Å². The van der Waals surface area contributed by atoms with E-state index in [9.17, 15) is 14.4 Å². The van der Waals surface area contributed by atoms with Gasteiger partial charge in [0.15, 0.2) is 0 Å². The molecule has 1 aromatic carbocycles. The highest BCUT2D eigenvalue weighted by atomic mass is 16.6. The monoisotopic (exact) mass is 348 g/mol. The molecule has 6 nitrogen and oxygen atoms in total. The Kier molecular flexibility index (Phi) is 9.00. The fourth-order valence-corrected chi connectivity index (χ4v) is 2.00. The van der Waals surface area contributed by atoms with E-state index < -0.39 is 30.1 Å². The first-order chi connectivity index (χ1) is 11.9. The second-order valence-corrected chi connectivity index (χ2v) is 5.60. The predicted octanol–water partition coefficient (Wildman–Crippen LogP) is 2.95. The van der Waals surface area contributed by atoms with Gasteiger partial charge >= 0.3 is 17.9 Å². The van der Waals surface area contributed by atoms with Gasteiger partial charge < -0.3 is 14.2 Å². The fraction of sp³-hybridized carbons (Fsp3) is 0.421. The molecule has 0 heterocycles. The van der Waals surface area contributed by atoms with Crippen LogP contribution in [0, 0.1) is 0 Å². The molecule has 1 aromatic rings. The van der Waals surface area contributed by atoms with Gasteiger partial charge in [0.05, 0.1) is 12.8 Å². The third kappa shape index (κ3) is 9.30. The van der Waals surface area contributed by atoms with Crippen molar-refractivity contribution < 1.29 is 28.6 Å². The minimum atomic E-state index is -0.616. The van der Waals surface area contributed by atoms with Crippen molar-refractivity contribution in [2.24, 2.45) is 0 Å². The molecule has 0 unspecified atom stereocenters. The van der Waals surface area contributed by atoms with Crippen LogP contribution in [-0.4, -0.2) is 30.1 Å². The number of esters is 3. The topological polar surface area (TPSA) is 78.9 Å². The van der Waals surface area contributed by atoms with Crippen LogP contribution >= 0.6 is 0 Å². The predicted molar refractivity (Wildman–Crippen MR) is 91.4 cm³/mol. The zero-order chi connectivity index (χ0) is 18.7. The molecule has 0 spiro atoms. The van der Waals surface area contributed by atoms with E-state index in [-0.39, 0.29) is 19.4 Å². The van der Waals surface area contributed by atoms with Gasteiger partial charge in [-0.3, -0.25) is 9.59 Å². The summed E-state index contributed by atoms with van der Waals surface area (Å²) < 4.78 is 15.3. The van der Waals surface area contributed by atoms with E-state index in [1.54, 1.807) is 26.8 Å². The first-order valence-electron chi connectivity index (χ1n) is 8.13. The largest absolute Gasteiger partial charge is 0.462 e. The second-order valence-electron chi connectivity index (χ2n) is 5.60. The second kappa shape index (κ2) is 11.0. The molecule has 0 aromatic heterocycles. The third-order valence-corrected chi connectivity index (χ3v) is 3.10. The first kappa shape index (κ1) is 20.4. The molecule has 0 aliphatic rings. The Morgan fingerprint density at radius 1 is 0.960 bits per heavy atom. The lowest BCUT2D eigenvalue weighted by Crippen LogP contribution is -2.24. The summed E-state index contributed by atoms with van der Waals surface area (Å²) in [6.45, 7) is 5.08. The lowest BCUT2D eigenvalue weighted by atomic mass is 10.2. The van der Waals surface area contributed by atoms with Crippen LogP contribution in [0.1, 0.15) is 39.2 Å². The van der Waals surface area contributed by atoms with E-state index in [0.29, 0.717) is 0 Å². The highest BCUT2D eigenvalue weighted by molar-refractivity contribution is 5.82. The summed E-state index contributed by atoms with van der Waals surface area (Å²) in [7, 11) is 0. The van der Waals surface area contributed by atoms with Gasteiger partial charge in [0, 0.05) is 6.08 Å². The summed E-state index contributed by atoms with van der Waals surface area (Å²) in [5.41, 5.74) is 0.886. The summed E-state index contributed by atoms with van der Waals surface area (Å²) in [6.07, 6.45) is 1.49. The Morgan fingerprint density at radius 3 is 2.20 bits per heavy atom. The summed E-state index contributed by atoms with van der Waals surface area (Å²) in [5.74, 6) is -1.50. The highest BCUT2D eigenvalue weighted by Crippen LogP contribution is 2.07. The molecule has 25 heavy (non-hydrogen) atoms. The molecule has 2 atom stereocenters. The minimum Gasteiger partial charge on any atom is -0.462 e. The molecule has 0 aliphatic heterocycles. The maximum Gasteiger partial charge on any atom is 0.330 e. The normalized spacial score (nSPS) is 13.1. The molecular weight excluding hydrogens is 324 g/mol. The number of hydrogen-bond acceptors (Lipinski definition) is 6. The Morgan fingerprint density at radius 2 is 1.56 bits per heavy atom. The summed E-state index contributed by atoms with van der Waals surface area (Å²) in [6, 6.07) is 9.31. The zero-order valence-electron chi connectivity index (χ0n) is 14.8. The van der Waals surface area contributed by atoms with Crippen LogP contribution in [0.25, 0.3) is 0 Å². The zero-order valence-corrected chi connectivity index (χ0v) is 14.8. The third-order valence-electron chi connectivity index (χ3n) is 3.10. The van der Waals surface area contributed by atoms with Crippen molar-refractivity contribution >= 4 is 17.9 Å². The minimum absolute atomic E-state index is 0.0364. The molecular formula is C19H24O6. The molecule has 1 rings (SSSR count). The van der Waals surface area contributed by atoms with E-state index in [0.717, 1.165) is 5.56 Å². The number of allylic oxidation sites excluding steroid dienone is 1. The summed E-state index contributed by atoms with van der Waals surface area (Å²) in [4.78, 5) is 34.8. The molecule has 0 amide bonds. The van der Waals surface area contributed by atoms with E-state index in [1.807, 2.05) is 30.3 Å². The molecule has 0 saturated carbocycles.